The Morgan fingerprint density at radius 2 is 1.68 bits per heavy atom. The van der Waals surface area contributed by atoms with Gasteiger partial charge in [0.1, 0.15) is 17.2 Å². The standard InChI is InChI=1S/C27H27N3O4/c1-3-16-34-23-14-12-20(13-15-23)18-25(29-26(31)22-9-5-4-6-10-22)27(32)30-28-19-21-8-7-11-24(17-21)33-2/h4-15,17-19H,3,16H2,1-2H3,(H,29,31)(H,30,32)/b25-18-,28-19+. The maximum Gasteiger partial charge on any atom is 0.287 e. The van der Waals surface area contributed by atoms with Crippen molar-refractivity contribution in [2.24, 2.45) is 5.10 Å². The number of methoxy groups -OCH3 is 1. The van der Waals surface area contributed by atoms with E-state index in [1.165, 1.54) is 6.21 Å². The fourth-order valence-electron chi connectivity index (χ4n) is 2.94. The number of hydrogen-bond acceptors (Lipinski definition) is 5. The molecule has 3 aromatic carbocycles. The van der Waals surface area contributed by atoms with Gasteiger partial charge in [0.2, 0.25) is 0 Å². The van der Waals surface area contributed by atoms with Gasteiger partial charge in [-0.15, -0.1) is 0 Å². The molecule has 7 heteroatoms. The van der Waals surface area contributed by atoms with Gasteiger partial charge in [-0.1, -0.05) is 49.4 Å². The minimum Gasteiger partial charge on any atom is -0.497 e. The molecule has 7 nitrogen and oxygen atoms in total. The highest BCUT2D eigenvalue weighted by atomic mass is 16.5. The third kappa shape index (κ3) is 7.34. The number of hydrogen-bond donors (Lipinski definition) is 2. The number of carbonyl (C=O) groups excluding carboxylic acids is 2. The van der Waals surface area contributed by atoms with E-state index in [-0.39, 0.29) is 5.70 Å². The molecule has 0 saturated heterocycles. The summed E-state index contributed by atoms with van der Waals surface area (Å²) >= 11 is 0. The first-order chi connectivity index (χ1) is 16.6. The summed E-state index contributed by atoms with van der Waals surface area (Å²) in [4.78, 5) is 25.6. The molecule has 34 heavy (non-hydrogen) atoms. The second kappa shape index (κ2) is 12.6. The monoisotopic (exact) mass is 457 g/mol. The Kier molecular flexibility index (Phi) is 8.99. The van der Waals surface area contributed by atoms with Crippen molar-refractivity contribution >= 4 is 24.1 Å². The third-order valence-electron chi connectivity index (χ3n) is 4.67. The van der Waals surface area contributed by atoms with Crippen LogP contribution in [0.25, 0.3) is 6.08 Å². The summed E-state index contributed by atoms with van der Waals surface area (Å²) < 4.78 is 10.8. The van der Waals surface area contributed by atoms with Crippen molar-refractivity contribution in [3.05, 3.63) is 101 Å². The lowest BCUT2D eigenvalue weighted by Crippen LogP contribution is -2.32. The molecule has 0 aromatic heterocycles. The summed E-state index contributed by atoms with van der Waals surface area (Å²) in [6.07, 6.45) is 3.99. The van der Waals surface area contributed by atoms with E-state index in [9.17, 15) is 9.59 Å². The van der Waals surface area contributed by atoms with E-state index in [0.29, 0.717) is 17.9 Å². The number of hydrazone groups is 1. The van der Waals surface area contributed by atoms with Gasteiger partial charge in [0.25, 0.3) is 11.8 Å². The summed E-state index contributed by atoms with van der Waals surface area (Å²) in [5.74, 6) is 0.454. The van der Waals surface area contributed by atoms with E-state index in [1.807, 2.05) is 55.5 Å². The average Bonchev–Trinajstić information content (AvgIpc) is 2.88. The molecule has 0 aliphatic heterocycles. The van der Waals surface area contributed by atoms with Crippen LogP contribution < -0.4 is 20.2 Å². The lowest BCUT2D eigenvalue weighted by Gasteiger charge is -2.10. The zero-order chi connectivity index (χ0) is 24.2. The molecule has 0 aliphatic rings. The van der Waals surface area contributed by atoms with Gasteiger partial charge < -0.3 is 14.8 Å². The first kappa shape index (κ1) is 24.3. The third-order valence-corrected chi connectivity index (χ3v) is 4.67. The van der Waals surface area contributed by atoms with Crippen LogP contribution in [0.3, 0.4) is 0 Å². The quantitative estimate of drug-likeness (QED) is 0.268. The molecule has 0 heterocycles. The van der Waals surface area contributed by atoms with Crippen molar-refractivity contribution in [3.63, 3.8) is 0 Å². The SMILES string of the molecule is CCCOc1ccc(/C=C(\NC(=O)c2ccccc2)C(=O)N/N=C/c2cccc(OC)c2)cc1. The smallest absolute Gasteiger partial charge is 0.287 e. The fourth-order valence-corrected chi connectivity index (χ4v) is 2.94. The van der Waals surface area contributed by atoms with Crippen LogP contribution in [-0.2, 0) is 4.79 Å². The van der Waals surface area contributed by atoms with Crippen LogP contribution in [0.2, 0.25) is 0 Å². The van der Waals surface area contributed by atoms with Gasteiger partial charge in [-0.3, -0.25) is 9.59 Å². The zero-order valence-corrected chi connectivity index (χ0v) is 19.2. The predicted molar refractivity (Wildman–Crippen MR) is 133 cm³/mol. The first-order valence-corrected chi connectivity index (χ1v) is 10.9. The molecular weight excluding hydrogens is 430 g/mol. The molecule has 0 spiro atoms. The summed E-state index contributed by atoms with van der Waals surface area (Å²) in [6.45, 7) is 2.66. The number of nitrogens with zero attached hydrogens (tertiary/aromatic N) is 1. The number of nitrogens with one attached hydrogen (secondary N) is 2. The van der Waals surface area contributed by atoms with Crippen molar-refractivity contribution in [1.29, 1.82) is 0 Å². The van der Waals surface area contributed by atoms with Gasteiger partial charge >= 0.3 is 0 Å². The molecule has 0 saturated carbocycles. The van der Waals surface area contributed by atoms with Crippen molar-refractivity contribution in [3.8, 4) is 11.5 Å². The Balaban J connectivity index is 1.78. The van der Waals surface area contributed by atoms with Crippen molar-refractivity contribution in [2.45, 2.75) is 13.3 Å². The first-order valence-electron chi connectivity index (χ1n) is 10.9. The lowest BCUT2D eigenvalue weighted by molar-refractivity contribution is -0.117. The molecule has 3 aromatic rings. The van der Waals surface area contributed by atoms with Crippen LogP contribution in [0.15, 0.2) is 89.7 Å². The van der Waals surface area contributed by atoms with Crippen LogP contribution in [0.4, 0.5) is 0 Å². The van der Waals surface area contributed by atoms with Crippen molar-refractivity contribution < 1.29 is 19.1 Å². The van der Waals surface area contributed by atoms with Gasteiger partial charge in [0, 0.05) is 5.56 Å². The maximum atomic E-state index is 12.9. The molecule has 2 N–H and O–H groups in total. The Bertz CT molecular complexity index is 1160. The highest BCUT2D eigenvalue weighted by Crippen LogP contribution is 2.15. The van der Waals surface area contributed by atoms with Crippen molar-refractivity contribution in [2.75, 3.05) is 13.7 Å². The van der Waals surface area contributed by atoms with Crippen LogP contribution in [0.1, 0.15) is 34.8 Å². The average molecular weight is 458 g/mol. The van der Waals surface area contributed by atoms with Gasteiger partial charge in [0.05, 0.1) is 19.9 Å². The summed E-state index contributed by atoms with van der Waals surface area (Å²) in [7, 11) is 1.58. The van der Waals surface area contributed by atoms with E-state index < -0.39 is 11.8 Å². The lowest BCUT2D eigenvalue weighted by atomic mass is 10.1. The fraction of sp³-hybridized carbons (Fsp3) is 0.148. The summed E-state index contributed by atoms with van der Waals surface area (Å²) in [6, 6.07) is 23.2. The number of ether oxygens (including phenoxy) is 2. The number of rotatable bonds is 10. The summed E-state index contributed by atoms with van der Waals surface area (Å²) in [5.41, 5.74) is 4.43. The highest BCUT2D eigenvalue weighted by molar-refractivity contribution is 6.05. The predicted octanol–water partition coefficient (Wildman–Crippen LogP) is 4.41. The molecule has 0 bridgehead atoms. The van der Waals surface area contributed by atoms with E-state index in [0.717, 1.165) is 23.3 Å². The molecule has 0 atom stereocenters. The highest BCUT2D eigenvalue weighted by Gasteiger charge is 2.14. The molecule has 0 fully saturated rings. The Labute approximate surface area is 199 Å². The molecule has 2 amide bonds. The normalized spacial score (nSPS) is 11.2. The largest absolute Gasteiger partial charge is 0.497 e. The zero-order valence-electron chi connectivity index (χ0n) is 19.2. The van der Waals surface area contributed by atoms with Crippen LogP contribution >= 0.6 is 0 Å². The number of benzene rings is 3. The Morgan fingerprint density at radius 1 is 0.912 bits per heavy atom. The van der Waals surface area contributed by atoms with E-state index in [2.05, 4.69) is 15.8 Å². The van der Waals surface area contributed by atoms with Crippen LogP contribution in [0.5, 0.6) is 11.5 Å². The molecule has 0 aliphatic carbocycles. The van der Waals surface area contributed by atoms with E-state index in [1.54, 1.807) is 43.5 Å². The van der Waals surface area contributed by atoms with Gasteiger partial charge in [0.15, 0.2) is 0 Å². The van der Waals surface area contributed by atoms with Crippen molar-refractivity contribution in [1.82, 2.24) is 10.7 Å². The Morgan fingerprint density at radius 3 is 2.38 bits per heavy atom. The minimum absolute atomic E-state index is 0.0545. The van der Waals surface area contributed by atoms with Gasteiger partial charge in [-0.25, -0.2) is 5.43 Å². The van der Waals surface area contributed by atoms with Gasteiger partial charge in [-0.05, 0) is 60.0 Å². The minimum atomic E-state index is -0.560. The topological polar surface area (TPSA) is 89.0 Å². The van der Waals surface area contributed by atoms with E-state index >= 15 is 0 Å². The maximum absolute atomic E-state index is 12.9. The second-order valence-corrected chi connectivity index (χ2v) is 7.27. The molecule has 3 rings (SSSR count). The van der Waals surface area contributed by atoms with Crippen LogP contribution in [-0.4, -0.2) is 31.7 Å². The Hall–Kier alpha value is -4.39. The molecular formula is C27H27N3O4. The second-order valence-electron chi connectivity index (χ2n) is 7.27. The number of amides is 2. The molecule has 0 radical (unpaired) electrons. The molecule has 0 unspecified atom stereocenters. The molecule has 174 valence electrons. The van der Waals surface area contributed by atoms with Gasteiger partial charge in [-0.2, -0.15) is 5.10 Å². The number of carbonyl (C=O) groups is 2. The van der Waals surface area contributed by atoms with Crippen LogP contribution in [0, 0.1) is 0 Å². The van der Waals surface area contributed by atoms with E-state index in [4.69, 9.17) is 9.47 Å². The summed E-state index contributed by atoms with van der Waals surface area (Å²) in [5, 5.41) is 6.70.